The Kier molecular flexibility index (Phi) is 7.98. The van der Waals surface area contributed by atoms with Crippen LogP contribution in [0.5, 0.6) is 11.5 Å². The van der Waals surface area contributed by atoms with Crippen molar-refractivity contribution in [2.75, 3.05) is 17.0 Å². The number of sulfonamides is 1. The van der Waals surface area contributed by atoms with Gasteiger partial charge in [0.15, 0.2) is 0 Å². The van der Waals surface area contributed by atoms with E-state index < -0.39 is 21.5 Å². The fraction of sp³-hybridized carbons (Fsp3) is 0.233. The summed E-state index contributed by atoms with van der Waals surface area (Å²) in [5.41, 5.74) is 3.13. The van der Waals surface area contributed by atoms with E-state index in [1.807, 2.05) is 38.0 Å². The van der Waals surface area contributed by atoms with E-state index in [9.17, 15) is 22.8 Å². The zero-order chi connectivity index (χ0) is 29.2. The largest absolute Gasteiger partial charge is 0.456 e. The summed E-state index contributed by atoms with van der Waals surface area (Å²) in [7, 11) is -3.62. The fourth-order valence-electron chi connectivity index (χ4n) is 4.50. The average Bonchev–Trinajstić information content (AvgIpc) is 3.38. The van der Waals surface area contributed by atoms with Crippen molar-refractivity contribution in [1.82, 2.24) is 9.88 Å². The van der Waals surface area contributed by atoms with E-state index in [2.05, 4.69) is 10.0 Å². The number of hydrogen-bond donors (Lipinski definition) is 2. The highest BCUT2D eigenvalue weighted by Crippen LogP contribution is 2.41. The molecular weight excluding hydrogens is 530 g/mol. The molecule has 1 aromatic heterocycles. The van der Waals surface area contributed by atoms with Crippen LogP contribution in [0, 0.1) is 26.2 Å². The van der Waals surface area contributed by atoms with Crippen molar-refractivity contribution in [3.8, 4) is 35.0 Å². The number of aryl methyl sites for hydroxylation is 2. The van der Waals surface area contributed by atoms with Crippen LogP contribution in [0.4, 0.5) is 5.69 Å². The number of carbonyl (C=O) groups is 2. The van der Waals surface area contributed by atoms with E-state index in [4.69, 9.17) is 11.2 Å². The first kappa shape index (κ1) is 28.4. The van der Waals surface area contributed by atoms with Crippen LogP contribution in [0.25, 0.3) is 17.2 Å². The number of anilines is 1. The number of fused-ring (bicyclic) bond motifs is 1. The molecule has 206 valence electrons. The highest BCUT2D eigenvalue weighted by atomic mass is 32.2. The lowest BCUT2D eigenvalue weighted by Gasteiger charge is -2.19. The third kappa shape index (κ3) is 5.55. The monoisotopic (exact) mass is 559 g/mol. The second-order valence-electron chi connectivity index (χ2n) is 9.30. The van der Waals surface area contributed by atoms with Crippen LogP contribution in [0.2, 0.25) is 0 Å². The Labute approximate surface area is 232 Å². The number of likely N-dealkylation sites (N-methyl/N-ethyl adjacent to an activating group) is 1. The summed E-state index contributed by atoms with van der Waals surface area (Å²) < 4.78 is 34.5. The SMILES string of the molecule is C#CC(=O)n1cc(-c2cc(NS(=O)(=O)CC)ccc2Oc2c(C)cccc2C)c2c(c1=O)CC(C(=O)NCC)=C2. The first-order chi connectivity index (χ1) is 19.0. The average molecular weight is 560 g/mol. The number of carbonyl (C=O) groups excluding carboxylic acids is 2. The Hall–Kier alpha value is -4.62. The number of hydrogen-bond acceptors (Lipinski definition) is 6. The number of nitrogens with one attached hydrogen (secondary N) is 2. The summed E-state index contributed by atoms with van der Waals surface area (Å²) in [4.78, 5) is 38.6. The molecule has 3 aromatic rings. The van der Waals surface area contributed by atoms with Gasteiger partial charge in [-0.25, -0.2) is 13.0 Å². The van der Waals surface area contributed by atoms with Crippen LogP contribution >= 0.6 is 0 Å². The third-order valence-corrected chi connectivity index (χ3v) is 7.86. The van der Waals surface area contributed by atoms with Gasteiger partial charge in [-0.2, -0.15) is 0 Å². The topological polar surface area (TPSA) is 124 Å². The summed E-state index contributed by atoms with van der Waals surface area (Å²) >= 11 is 0. The number of rotatable bonds is 8. The van der Waals surface area contributed by atoms with Gasteiger partial charge in [0, 0.05) is 47.1 Å². The highest BCUT2D eigenvalue weighted by Gasteiger charge is 2.28. The van der Waals surface area contributed by atoms with E-state index in [-0.39, 0.29) is 29.3 Å². The zero-order valence-electron chi connectivity index (χ0n) is 22.6. The number of para-hydroxylation sites is 1. The molecule has 0 saturated heterocycles. The molecule has 0 saturated carbocycles. The molecule has 1 aliphatic rings. The van der Waals surface area contributed by atoms with Gasteiger partial charge in [0.05, 0.1) is 5.75 Å². The molecule has 0 aliphatic heterocycles. The maximum Gasteiger partial charge on any atom is 0.309 e. The van der Waals surface area contributed by atoms with E-state index in [1.54, 1.807) is 31.2 Å². The van der Waals surface area contributed by atoms with Crippen molar-refractivity contribution in [1.29, 1.82) is 0 Å². The van der Waals surface area contributed by atoms with E-state index in [1.165, 1.54) is 13.1 Å². The van der Waals surface area contributed by atoms with Gasteiger partial charge in [0.2, 0.25) is 15.9 Å². The minimum Gasteiger partial charge on any atom is -0.456 e. The molecule has 9 nitrogen and oxygen atoms in total. The van der Waals surface area contributed by atoms with Crippen LogP contribution < -0.4 is 20.3 Å². The van der Waals surface area contributed by atoms with Crippen LogP contribution in [0.1, 0.15) is 40.9 Å². The van der Waals surface area contributed by atoms with Crippen molar-refractivity contribution in [2.24, 2.45) is 0 Å². The molecular formula is C30H29N3O6S. The van der Waals surface area contributed by atoms with Crippen molar-refractivity contribution in [2.45, 2.75) is 34.1 Å². The van der Waals surface area contributed by atoms with Gasteiger partial charge in [-0.3, -0.25) is 19.1 Å². The number of benzene rings is 2. The lowest BCUT2D eigenvalue weighted by Crippen LogP contribution is -2.29. The minimum atomic E-state index is -3.62. The molecule has 10 heteroatoms. The molecule has 0 fully saturated rings. The molecule has 0 atom stereocenters. The Morgan fingerprint density at radius 3 is 2.42 bits per heavy atom. The number of amides is 1. The smallest absolute Gasteiger partial charge is 0.309 e. The normalized spacial score (nSPS) is 12.2. The van der Waals surface area contributed by atoms with Gasteiger partial charge in [-0.1, -0.05) is 18.2 Å². The van der Waals surface area contributed by atoms with Crippen molar-refractivity contribution in [3.05, 3.63) is 80.8 Å². The van der Waals surface area contributed by atoms with Crippen LogP contribution in [-0.2, 0) is 21.2 Å². The standard InChI is InChI=1S/C30H29N3O6S/c1-6-27(34)33-17-25(22-14-20(29(35)31-7-2)15-24(22)30(33)36)23-16-21(32-40(37,38)8-3)12-13-26(23)39-28-18(4)10-9-11-19(28)5/h1,9-14,16-17,32H,7-8,15H2,2-5H3,(H,31,35). The zero-order valence-corrected chi connectivity index (χ0v) is 23.4. The Bertz CT molecular complexity index is 1760. The van der Waals surface area contributed by atoms with E-state index in [0.717, 1.165) is 15.7 Å². The van der Waals surface area contributed by atoms with Crippen molar-refractivity contribution in [3.63, 3.8) is 0 Å². The maximum absolute atomic E-state index is 13.3. The molecule has 1 heterocycles. The highest BCUT2D eigenvalue weighted by molar-refractivity contribution is 7.92. The molecule has 2 aromatic carbocycles. The van der Waals surface area contributed by atoms with Gasteiger partial charge in [-0.05, 0) is 74.6 Å². The van der Waals surface area contributed by atoms with Gasteiger partial charge in [0.1, 0.15) is 11.5 Å². The molecule has 0 radical (unpaired) electrons. The van der Waals surface area contributed by atoms with E-state index in [0.29, 0.717) is 40.3 Å². The number of ether oxygens (including phenoxy) is 1. The summed E-state index contributed by atoms with van der Waals surface area (Å²) in [5.74, 6) is 1.57. The number of terminal acetylenes is 1. The third-order valence-electron chi connectivity index (χ3n) is 6.55. The summed E-state index contributed by atoms with van der Waals surface area (Å²) in [5, 5.41) is 2.73. The summed E-state index contributed by atoms with van der Waals surface area (Å²) in [6.45, 7) is 7.49. The number of aromatic nitrogens is 1. The van der Waals surface area contributed by atoms with Crippen LogP contribution in [-0.4, -0.2) is 37.1 Å². The van der Waals surface area contributed by atoms with Gasteiger partial charge in [0.25, 0.3) is 5.56 Å². The molecule has 0 spiro atoms. The molecule has 40 heavy (non-hydrogen) atoms. The predicted octanol–water partition coefficient (Wildman–Crippen LogP) is 4.04. The molecule has 0 bridgehead atoms. The molecule has 1 amide bonds. The minimum absolute atomic E-state index is 0.000931. The molecule has 0 unspecified atom stereocenters. The van der Waals surface area contributed by atoms with Gasteiger partial charge in [-0.15, -0.1) is 6.42 Å². The van der Waals surface area contributed by atoms with Gasteiger partial charge >= 0.3 is 5.91 Å². The van der Waals surface area contributed by atoms with E-state index >= 15 is 0 Å². The Morgan fingerprint density at radius 1 is 1.10 bits per heavy atom. The lowest BCUT2D eigenvalue weighted by atomic mass is 9.98. The van der Waals surface area contributed by atoms with Crippen molar-refractivity contribution < 1.29 is 22.7 Å². The summed E-state index contributed by atoms with van der Waals surface area (Å²) in [6.07, 6.45) is 8.27. The lowest BCUT2D eigenvalue weighted by molar-refractivity contribution is -0.117. The first-order valence-electron chi connectivity index (χ1n) is 12.7. The Morgan fingerprint density at radius 2 is 1.80 bits per heavy atom. The second kappa shape index (κ2) is 11.2. The second-order valence-corrected chi connectivity index (χ2v) is 11.3. The first-order valence-corrected chi connectivity index (χ1v) is 14.3. The molecule has 4 rings (SSSR count). The fourth-order valence-corrected chi connectivity index (χ4v) is 5.13. The van der Waals surface area contributed by atoms with Crippen LogP contribution in [0.3, 0.4) is 0 Å². The van der Waals surface area contributed by atoms with Crippen LogP contribution in [0.15, 0.2) is 53.0 Å². The molecule has 2 N–H and O–H groups in total. The quantitative estimate of drug-likeness (QED) is 0.402. The van der Waals surface area contributed by atoms with Crippen molar-refractivity contribution >= 4 is 33.6 Å². The maximum atomic E-state index is 13.3. The van der Waals surface area contributed by atoms with Gasteiger partial charge < -0.3 is 10.1 Å². The molecule has 1 aliphatic carbocycles. The number of pyridine rings is 1. The summed E-state index contributed by atoms with van der Waals surface area (Å²) in [6, 6.07) is 10.5. The Balaban J connectivity index is 2.02. The predicted molar refractivity (Wildman–Crippen MR) is 155 cm³/mol. The number of nitrogens with zero attached hydrogens (tertiary/aromatic N) is 1.